The van der Waals surface area contributed by atoms with Crippen LogP contribution >= 0.6 is 11.3 Å². The van der Waals surface area contributed by atoms with Crippen LogP contribution in [0.15, 0.2) is 28.6 Å². The number of piperidine rings is 1. The van der Waals surface area contributed by atoms with Gasteiger partial charge < -0.3 is 5.32 Å². The summed E-state index contributed by atoms with van der Waals surface area (Å²) in [6.07, 6.45) is 8.91. The molecule has 2 fully saturated rings. The third kappa shape index (κ3) is 4.41. The fraction of sp³-hybridized carbons (Fsp3) is 0.600. The molecule has 0 aromatic carbocycles. The molecule has 0 unspecified atom stereocenters. The number of carbonyl (C=O) groups excluding carboxylic acids is 1. The van der Waals surface area contributed by atoms with Crippen LogP contribution in [0.5, 0.6) is 0 Å². The molecule has 9 heteroatoms. The molecule has 2 aromatic rings. The Bertz CT molecular complexity index is 960. The van der Waals surface area contributed by atoms with E-state index < -0.39 is 10.0 Å². The third-order valence-electron chi connectivity index (χ3n) is 5.91. The maximum Gasteiger partial charge on any atom is 0.252 e. The van der Waals surface area contributed by atoms with Crippen molar-refractivity contribution in [3.05, 3.63) is 29.3 Å². The molecule has 2 aromatic heterocycles. The zero-order valence-electron chi connectivity index (χ0n) is 16.7. The summed E-state index contributed by atoms with van der Waals surface area (Å²) in [5, 5.41) is 7.45. The number of rotatable bonds is 5. The molecule has 1 aliphatic heterocycles. The van der Waals surface area contributed by atoms with Gasteiger partial charge in [0.1, 0.15) is 10.0 Å². The molecule has 1 saturated heterocycles. The fourth-order valence-electron chi connectivity index (χ4n) is 4.31. The van der Waals surface area contributed by atoms with Crippen molar-refractivity contribution in [3.63, 3.8) is 0 Å². The number of hydrogen-bond donors (Lipinski definition) is 1. The number of aromatic nitrogens is 2. The lowest BCUT2D eigenvalue weighted by atomic mass is 9.95. The van der Waals surface area contributed by atoms with Crippen molar-refractivity contribution in [1.82, 2.24) is 14.1 Å². The number of sulfonamides is 1. The van der Waals surface area contributed by atoms with Crippen LogP contribution in [0.1, 0.15) is 55.9 Å². The molecular weight excluding hydrogens is 408 g/mol. The molecule has 1 N–H and O–H groups in total. The Morgan fingerprint density at radius 1 is 1.14 bits per heavy atom. The van der Waals surface area contributed by atoms with Gasteiger partial charge in [0.25, 0.3) is 10.0 Å². The average Bonchev–Trinajstić information content (AvgIpc) is 3.38. The first-order valence-electron chi connectivity index (χ1n) is 10.4. The van der Waals surface area contributed by atoms with Gasteiger partial charge in [-0.2, -0.15) is 9.40 Å². The van der Waals surface area contributed by atoms with Gasteiger partial charge in [0.15, 0.2) is 0 Å². The summed E-state index contributed by atoms with van der Waals surface area (Å²) in [6, 6.07) is 5.64. The second-order valence-corrected chi connectivity index (χ2v) is 11.5. The molecule has 7 nitrogen and oxygen atoms in total. The quantitative estimate of drug-likeness (QED) is 0.773. The van der Waals surface area contributed by atoms with Gasteiger partial charge in [-0.3, -0.25) is 4.79 Å². The smallest absolute Gasteiger partial charge is 0.252 e. The molecule has 1 saturated carbocycles. The number of anilines is 1. The van der Waals surface area contributed by atoms with Gasteiger partial charge in [-0.05, 0) is 44.7 Å². The summed E-state index contributed by atoms with van der Waals surface area (Å²) < 4.78 is 29.6. The van der Waals surface area contributed by atoms with Gasteiger partial charge in [0, 0.05) is 24.0 Å². The normalized spacial score (nSPS) is 21.9. The van der Waals surface area contributed by atoms with E-state index >= 15 is 0 Å². The number of nitrogens with zero attached hydrogens (tertiary/aromatic N) is 3. The molecule has 1 aliphatic carbocycles. The Morgan fingerprint density at radius 2 is 1.93 bits per heavy atom. The van der Waals surface area contributed by atoms with Crippen molar-refractivity contribution in [2.75, 3.05) is 18.4 Å². The summed E-state index contributed by atoms with van der Waals surface area (Å²) >= 11 is 1.28. The van der Waals surface area contributed by atoms with Gasteiger partial charge in [-0.25, -0.2) is 13.1 Å². The van der Waals surface area contributed by atoms with Crippen molar-refractivity contribution < 1.29 is 13.2 Å². The molecule has 0 radical (unpaired) electrons. The highest BCUT2D eigenvalue weighted by atomic mass is 32.2. The highest BCUT2D eigenvalue weighted by molar-refractivity contribution is 7.91. The fourth-order valence-corrected chi connectivity index (χ4v) is 7.27. The van der Waals surface area contributed by atoms with E-state index in [0.717, 1.165) is 23.5 Å². The summed E-state index contributed by atoms with van der Waals surface area (Å²) in [7, 11) is -3.54. The Hall–Kier alpha value is -1.71. The molecule has 3 heterocycles. The lowest BCUT2D eigenvalue weighted by Gasteiger charge is -2.31. The maximum atomic E-state index is 12.9. The number of amides is 1. The lowest BCUT2D eigenvalue weighted by Crippen LogP contribution is -2.43. The van der Waals surface area contributed by atoms with Crippen molar-refractivity contribution in [2.45, 2.75) is 62.1 Å². The monoisotopic (exact) mass is 436 g/mol. The van der Waals surface area contributed by atoms with Gasteiger partial charge in [0.05, 0.1) is 18.2 Å². The van der Waals surface area contributed by atoms with E-state index in [-0.39, 0.29) is 18.4 Å². The Kier molecular flexibility index (Phi) is 6.08. The lowest BCUT2D eigenvalue weighted by molar-refractivity contribution is -0.120. The van der Waals surface area contributed by atoms with Gasteiger partial charge in [-0.15, -0.1) is 11.3 Å². The zero-order chi connectivity index (χ0) is 20.4. The van der Waals surface area contributed by atoms with Crippen LogP contribution in [0, 0.1) is 12.8 Å². The third-order valence-corrected chi connectivity index (χ3v) is 9.24. The van der Waals surface area contributed by atoms with E-state index in [0.29, 0.717) is 29.6 Å². The molecule has 0 bridgehead atoms. The highest BCUT2D eigenvalue weighted by Gasteiger charge is 2.34. The van der Waals surface area contributed by atoms with E-state index in [1.165, 1.54) is 34.9 Å². The second-order valence-electron chi connectivity index (χ2n) is 8.01. The summed E-state index contributed by atoms with van der Waals surface area (Å²) in [6.45, 7) is 2.58. The minimum Gasteiger partial charge on any atom is -0.311 e. The predicted molar refractivity (Wildman–Crippen MR) is 114 cm³/mol. The minimum atomic E-state index is -3.54. The van der Waals surface area contributed by atoms with Crippen LogP contribution in [-0.2, 0) is 14.8 Å². The summed E-state index contributed by atoms with van der Waals surface area (Å²) in [5.74, 6) is 0.245. The summed E-state index contributed by atoms with van der Waals surface area (Å²) in [4.78, 5) is 13.9. The summed E-state index contributed by atoms with van der Waals surface area (Å²) in [5.41, 5.74) is 0. The topological polar surface area (TPSA) is 84.3 Å². The molecule has 1 amide bonds. The van der Waals surface area contributed by atoms with E-state index in [9.17, 15) is 13.2 Å². The molecule has 158 valence electrons. The van der Waals surface area contributed by atoms with Crippen LogP contribution in [0.3, 0.4) is 0 Å². The number of thiophene rings is 1. The molecular formula is C20H28N4O3S2. The van der Waals surface area contributed by atoms with Crippen LogP contribution in [0.4, 0.5) is 5.82 Å². The van der Waals surface area contributed by atoms with Crippen molar-refractivity contribution in [2.24, 2.45) is 5.92 Å². The van der Waals surface area contributed by atoms with Crippen molar-refractivity contribution in [1.29, 1.82) is 0 Å². The van der Waals surface area contributed by atoms with E-state index in [2.05, 4.69) is 10.4 Å². The van der Waals surface area contributed by atoms with Crippen molar-refractivity contribution >= 4 is 33.1 Å². The Labute approximate surface area is 176 Å². The Balaban J connectivity index is 1.44. The van der Waals surface area contributed by atoms with Gasteiger partial charge in [-0.1, -0.05) is 19.3 Å². The van der Waals surface area contributed by atoms with Crippen LogP contribution in [0.25, 0.3) is 0 Å². The van der Waals surface area contributed by atoms with Crippen LogP contribution < -0.4 is 5.32 Å². The molecule has 1 atom stereocenters. The first kappa shape index (κ1) is 20.6. The number of hydrogen-bond acceptors (Lipinski definition) is 5. The van der Waals surface area contributed by atoms with Crippen LogP contribution in [0.2, 0.25) is 0 Å². The highest BCUT2D eigenvalue weighted by Crippen LogP contribution is 2.31. The second kappa shape index (κ2) is 8.57. The predicted octanol–water partition coefficient (Wildman–Crippen LogP) is 3.80. The molecule has 4 rings (SSSR count). The first-order valence-corrected chi connectivity index (χ1v) is 12.6. The number of carbonyl (C=O) groups is 1. The number of aryl methyl sites for hydroxylation is 1. The minimum absolute atomic E-state index is 0.121. The van der Waals surface area contributed by atoms with E-state index in [1.807, 2.05) is 23.7 Å². The van der Waals surface area contributed by atoms with Gasteiger partial charge >= 0.3 is 0 Å². The number of nitrogens with one attached hydrogen (secondary N) is 1. The van der Waals surface area contributed by atoms with Gasteiger partial charge in [0.2, 0.25) is 5.91 Å². The van der Waals surface area contributed by atoms with E-state index in [1.54, 1.807) is 12.3 Å². The largest absolute Gasteiger partial charge is 0.311 e. The van der Waals surface area contributed by atoms with Crippen molar-refractivity contribution in [3.8, 4) is 0 Å². The first-order chi connectivity index (χ1) is 13.9. The molecule has 2 aliphatic rings. The maximum absolute atomic E-state index is 12.9. The van der Waals surface area contributed by atoms with Crippen LogP contribution in [-0.4, -0.2) is 41.5 Å². The standard InChI is InChI=1S/C20H28N4O3S2/c1-15-9-10-19(28-15)29(26,27)23-13-5-6-16(14-23)20(25)22-18-11-12-21-24(18)17-7-3-2-4-8-17/h9-12,16-17H,2-8,13-14H2,1H3,(H,22,25)/t16-/m0/s1. The average molecular weight is 437 g/mol. The molecule has 29 heavy (non-hydrogen) atoms. The molecule has 0 spiro atoms. The SMILES string of the molecule is Cc1ccc(S(=O)(=O)N2CCC[C@H](C(=O)Nc3ccnn3C3CCCCC3)C2)s1. The zero-order valence-corrected chi connectivity index (χ0v) is 18.3. The Morgan fingerprint density at radius 3 is 2.66 bits per heavy atom. The van der Waals surface area contributed by atoms with E-state index in [4.69, 9.17) is 0 Å².